The smallest absolute Gasteiger partial charge is 0.324 e. The fourth-order valence-corrected chi connectivity index (χ4v) is 3.46. The highest BCUT2D eigenvalue weighted by Crippen LogP contribution is 2.33. The fourth-order valence-electron chi connectivity index (χ4n) is 3.16. The molecule has 1 aliphatic heterocycles. The minimum atomic E-state index is -1.21. The molecule has 0 radical (unpaired) electrons. The first-order valence-corrected chi connectivity index (χ1v) is 9.48. The van der Waals surface area contributed by atoms with Gasteiger partial charge in [-0.25, -0.2) is 4.79 Å². The number of halogens is 2. The molecular formula is C20H19Cl2N3O3. The van der Waals surface area contributed by atoms with Gasteiger partial charge in [0.2, 0.25) is 5.91 Å². The Bertz CT molecular complexity index is 946. The van der Waals surface area contributed by atoms with Crippen molar-refractivity contribution in [2.75, 3.05) is 11.9 Å². The fraction of sp³-hybridized carbons (Fsp3) is 0.250. The van der Waals surface area contributed by atoms with Gasteiger partial charge in [0, 0.05) is 15.7 Å². The van der Waals surface area contributed by atoms with Crippen molar-refractivity contribution in [3.05, 3.63) is 63.6 Å². The van der Waals surface area contributed by atoms with Crippen molar-refractivity contribution >= 4 is 46.7 Å². The Morgan fingerprint density at radius 2 is 1.82 bits per heavy atom. The SMILES string of the molecule is CC[C@@]1(c2ccc(Cl)cc2)NC(=O)N(CC(=O)Nc2ccc(C)c(Cl)c2)C1=O. The average molecular weight is 420 g/mol. The third-order valence-corrected chi connectivity index (χ3v) is 5.46. The average Bonchev–Trinajstić information content (AvgIpc) is 2.90. The van der Waals surface area contributed by atoms with Crippen molar-refractivity contribution in [1.29, 1.82) is 0 Å². The number of carbonyl (C=O) groups is 3. The lowest BCUT2D eigenvalue weighted by atomic mass is 9.87. The van der Waals surface area contributed by atoms with Crippen LogP contribution >= 0.6 is 23.2 Å². The summed E-state index contributed by atoms with van der Waals surface area (Å²) in [5.41, 5.74) is 0.775. The first kappa shape index (κ1) is 20.2. The van der Waals surface area contributed by atoms with E-state index in [1.807, 2.05) is 6.92 Å². The Morgan fingerprint density at radius 3 is 2.43 bits per heavy atom. The molecule has 0 aromatic heterocycles. The molecule has 1 atom stereocenters. The van der Waals surface area contributed by atoms with Gasteiger partial charge in [0.1, 0.15) is 12.1 Å². The van der Waals surface area contributed by atoms with Crippen molar-refractivity contribution in [2.24, 2.45) is 0 Å². The summed E-state index contributed by atoms with van der Waals surface area (Å²) < 4.78 is 0. The monoisotopic (exact) mass is 419 g/mol. The van der Waals surface area contributed by atoms with Crippen LogP contribution in [0.2, 0.25) is 10.0 Å². The van der Waals surface area contributed by atoms with E-state index in [9.17, 15) is 14.4 Å². The molecule has 1 fully saturated rings. The first-order chi connectivity index (χ1) is 13.3. The Kier molecular flexibility index (Phi) is 5.63. The van der Waals surface area contributed by atoms with Crippen LogP contribution in [-0.2, 0) is 15.1 Å². The molecule has 0 bridgehead atoms. The molecule has 0 aliphatic carbocycles. The lowest BCUT2D eigenvalue weighted by molar-refractivity contribution is -0.134. The lowest BCUT2D eigenvalue weighted by Gasteiger charge is -2.25. The van der Waals surface area contributed by atoms with Crippen molar-refractivity contribution in [3.63, 3.8) is 0 Å². The minimum Gasteiger partial charge on any atom is -0.324 e. The predicted molar refractivity (Wildman–Crippen MR) is 108 cm³/mol. The minimum absolute atomic E-state index is 0.338. The zero-order chi connectivity index (χ0) is 20.5. The molecule has 0 unspecified atom stereocenters. The Balaban J connectivity index is 1.78. The molecule has 2 aromatic rings. The Hall–Kier alpha value is -2.57. The maximum atomic E-state index is 13.0. The van der Waals surface area contributed by atoms with Crippen LogP contribution in [0.4, 0.5) is 10.5 Å². The van der Waals surface area contributed by atoms with Crippen LogP contribution in [0.3, 0.4) is 0 Å². The molecule has 0 saturated carbocycles. The molecule has 8 heteroatoms. The van der Waals surface area contributed by atoms with Gasteiger partial charge in [-0.15, -0.1) is 0 Å². The largest absolute Gasteiger partial charge is 0.325 e. The van der Waals surface area contributed by atoms with Gasteiger partial charge in [0.05, 0.1) is 0 Å². The summed E-state index contributed by atoms with van der Waals surface area (Å²) in [5, 5.41) is 6.43. The predicted octanol–water partition coefficient (Wildman–Crippen LogP) is 4.10. The van der Waals surface area contributed by atoms with E-state index >= 15 is 0 Å². The molecule has 4 amide bonds. The molecule has 3 rings (SSSR count). The summed E-state index contributed by atoms with van der Waals surface area (Å²) in [4.78, 5) is 38.8. The zero-order valence-electron chi connectivity index (χ0n) is 15.4. The molecular weight excluding hydrogens is 401 g/mol. The van der Waals surface area contributed by atoms with E-state index < -0.39 is 29.9 Å². The number of amides is 4. The maximum absolute atomic E-state index is 13.0. The molecule has 146 valence electrons. The van der Waals surface area contributed by atoms with Crippen LogP contribution in [0.25, 0.3) is 0 Å². The molecule has 1 aliphatic rings. The van der Waals surface area contributed by atoms with Crippen molar-refractivity contribution in [2.45, 2.75) is 25.8 Å². The van der Waals surface area contributed by atoms with Gasteiger partial charge in [0.25, 0.3) is 5.91 Å². The van der Waals surface area contributed by atoms with Crippen molar-refractivity contribution in [1.82, 2.24) is 10.2 Å². The van der Waals surface area contributed by atoms with Crippen LogP contribution < -0.4 is 10.6 Å². The highest BCUT2D eigenvalue weighted by Gasteiger charge is 2.51. The van der Waals surface area contributed by atoms with Gasteiger partial charge in [-0.2, -0.15) is 0 Å². The maximum Gasteiger partial charge on any atom is 0.325 e. The molecule has 28 heavy (non-hydrogen) atoms. The van der Waals surface area contributed by atoms with Gasteiger partial charge in [0.15, 0.2) is 0 Å². The number of hydrogen-bond acceptors (Lipinski definition) is 3. The number of rotatable bonds is 5. The summed E-state index contributed by atoms with van der Waals surface area (Å²) in [6.45, 7) is 3.25. The van der Waals surface area contributed by atoms with Crippen LogP contribution in [0.5, 0.6) is 0 Å². The number of nitrogens with one attached hydrogen (secondary N) is 2. The zero-order valence-corrected chi connectivity index (χ0v) is 16.9. The number of aryl methyl sites for hydroxylation is 1. The van der Waals surface area contributed by atoms with Crippen LogP contribution in [0, 0.1) is 6.92 Å². The van der Waals surface area contributed by atoms with Crippen LogP contribution in [0.15, 0.2) is 42.5 Å². The summed E-state index contributed by atoms with van der Waals surface area (Å²) >= 11 is 12.0. The van der Waals surface area contributed by atoms with Gasteiger partial charge < -0.3 is 10.6 Å². The Morgan fingerprint density at radius 1 is 1.14 bits per heavy atom. The molecule has 1 heterocycles. The summed E-state index contributed by atoms with van der Waals surface area (Å²) in [7, 11) is 0. The van der Waals surface area contributed by atoms with Crippen molar-refractivity contribution in [3.8, 4) is 0 Å². The van der Waals surface area contributed by atoms with Crippen LogP contribution in [0.1, 0.15) is 24.5 Å². The quantitative estimate of drug-likeness (QED) is 0.715. The lowest BCUT2D eigenvalue weighted by Crippen LogP contribution is -2.44. The first-order valence-electron chi connectivity index (χ1n) is 8.73. The van der Waals surface area contributed by atoms with E-state index in [0.29, 0.717) is 27.7 Å². The number of carbonyl (C=O) groups excluding carboxylic acids is 3. The van der Waals surface area contributed by atoms with E-state index in [2.05, 4.69) is 10.6 Å². The van der Waals surface area contributed by atoms with E-state index in [1.54, 1.807) is 49.4 Å². The summed E-state index contributed by atoms with van der Waals surface area (Å²) in [5.74, 6) is -0.967. The standard InChI is InChI=1S/C20H19Cl2N3O3/c1-3-20(13-5-7-14(21)8-6-13)18(27)25(19(28)24-20)11-17(26)23-15-9-4-12(2)16(22)10-15/h4-10H,3,11H2,1-2H3,(H,23,26)(H,24,28)/t20-/m0/s1. The van der Waals surface area contributed by atoms with E-state index in [4.69, 9.17) is 23.2 Å². The summed E-state index contributed by atoms with van der Waals surface area (Å²) in [6, 6.07) is 11.2. The second kappa shape index (κ2) is 7.81. The number of imide groups is 1. The molecule has 6 nitrogen and oxygen atoms in total. The second-order valence-electron chi connectivity index (χ2n) is 6.60. The number of anilines is 1. The molecule has 2 N–H and O–H groups in total. The highest BCUT2D eigenvalue weighted by atomic mass is 35.5. The molecule has 2 aromatic carbocycles. The summed E-state index contributed by atoms with van der Waals surface area (Å²) in [6.07, 6.45) is 0.338. The second-order valence-corrected chi connectivity index (χ2v) is 7.44. The third kappa shape index (κ3) is 3.70. The van der Waals surface area contributed by atoms with E-state index in [-0.39, 0.29) is 0 Å². The number of urea groups is 1. The van der Waals surface area contributed by atoms with E-state index in [0.717, 1.165) is 10.5 Å². The molecule has 0 spiro atoms. The van der Waals surface area contributed by atoms with E-state index in [1.165, 1.54) is 0 Å². The van der Waals surface area contributed by atoms with Gasteiger partial charge >= 0.3 is 6.03 Å². The van der Waals surface area contributed by atoms with Crippen LogP contribution in [-0.4, -0.2) is 29.3 Å². The van der Waals surface area contributed by atoms with Crippen molar-refractivity contribution < 1.29 is 14.4 Å². The number of nitrogens with zero attached hydrogens (tertiary/aromatic N) is 1. The third-order valence-electron chi connectivity index (χ3n) is 4.80. The highest BCUT2D eigenvalue weighted by molar-refractivity contribution is 6.31. The molecule has 1 saturated heterocycles. The van der Waals surface area contributed by atoms with Gasteiger partial charge in [-0.05, 0) is 48.7 Å². The van der Waals surface area contributed by atoms with Gasteiger partial charge in [-0.3, -0.25) is 14.5 Å². The Labute approximate surface area is 172 Å². The topological polar surface area (TPSA) is 78.5 Å². The van der Waals surface area contributed by atoms with Gasteiger partial charge in [-0.1, -0.05) is 48.3 Å². The number of hydrogen-bond donors (Lipinski definition) is 2. The number of benzene rings is 2. The normalized spacial score (nSPS) is 18.9.